The molecule has 3 heterocycles. The number of fused-ring (bicyclic) bond motifs is 9. The van der Waals surface area contributed by atoms with E-state index in [1.54, 1.807) is 36.0 Å². The molecule has 2 N–H and O–H groups in total. The van der Waals surface area contributed by atoms with Gasteiger partial charge in [-0.25, -0.2) is 0 Å². The minimum atomic E-state index is -0.399. The van der Waals surface area contributed by atoms with Gasteiger partial charge < -0.3 is 15.0 Å². The number of thiazole rings is 1. The Morgan fingerprint density at radius 1 is 0.978 bits per heavy atom. The number of carbonyl (C=O) groups excluding carboxylic acids is 3. The Labute approximate surface area is 272 Å². The summed E-state index contributed by atoms with van der Waals surface area (Å²) in [4.78, 5) is 58.6. The second-order valence-electron chi connectivity index (χ2n) is 12.2. The summed E-state index contributed by atoms with van der Waals surface area (Å²) in [5.41, 5.74) is 3.17. The van der Waals surface area contributed by atoms with Crippen LogP contribution in [0.15, 0.2) is 82.6 Å². The molecule has 11 heteroatoms. The molecule has 0 spiro atoms. The van der Waals surface area contributed by atoms with Crippen LogP contribution in [0.5, 0.6) is 5.75 Å². The molecule has 45 heavy (non-hydrogen) atoms. The monoisotopic (exact) mass is 657 g/mol. The number of anilines is 2. The van der Waals surface area contributed by atoms with E-state index in [-0.39, 0.29) is 64.0 Å². The minimum Gasteiger partial charge on any atom is -0.483 e. The van der Waals surface area contributed by atoms with Gasteiger partial charge in [-0.05, 0) is 73.6 Å². The average Bonchev–Trinajstić information content (AvgIpc) is 3.77. The Bertz CT molecular complexity index is 1910. The Hall–Kier alpha value is -3.86. The lowest BCUT2D eigenvalue weighted by atomic mass is 9.68. The highest BCUT2D eigenvalue weighted by Crippen LogP contribution is 2.69. The van der Waals surface area contributed by atoms with Gasteiger partial charge in [-0.2, -0.15) is 0 Å². The third-order valence-corrected chi connectivity index (χ3v) is 12.6. The van der Waals surface area contributed by atoms with E-state index in [0.717, 1.165) is 27.5 Å². The lowest BCUT2D eigenvalue weighted by Gasteiger charge is -2.43. The fourth-order valence-corrected chi connectivity index (χ4v) is 11.1. The van der Waals surface area contributed by atoms with Crippen LogP contribution in [0.1, 0.15) is 28.3 Å². The smallest absolute Gasteiger partial charge is 0.305 e. The maximum atomic E-state index is 14.0. The van der Waals surface area contributed by atoms with Gasteiger partial charge in [0.1, 0.15) is 5.75 Å². The first-order chi connectivity index (χ1) is 21.8. The molecule has 228 valence electrons. The third-order valence-electron chi connectivity index (χ3n) is 9.76. The number of aryl methyl sites for hydroxylation is 1. The molecule has 0 radical (unpaired) electrons. The highest BCUT2D eigenvalue weighted by Gasteiger charge is 2.69. The summed E-state index contributed by atoms with van der Waals surface area (Å²) in [5, 5.41) is 4.28. The standard InChI is InChI=1S/C34H28ClN3O5S2/c1-16-6-12-19(13-7-16)38-32(40)27-21-14-22(28(27)33(38)41)29-26(21)25(30-31(44-29)37-34(42)45-30)20-4-2-3-5-23(20)43-15-24(39)36-18-10-8-17(35)9-11-18/h2-13,21-22,25-29H,14-15H2,1H3,(H,36,39)(H,37,42)/t21-,22-,25+,26-,27+,28+,29-/m1/s1. The van der Waals surface area contributed by atoms with Crippen LogP contribution >= 0.6 is 34.7 Å². The number of aromatic amines is 1. The first kappa shape index (κ1) is 28.6. The van der Waals surface area contributed by atoms with Gasteiger partial charge in [0.05, 0.1) is 22.5 Å². The summed E-state index contributed by atoms with van der Waals surface area (Å²) in [6.07, 6.45) is 0.791. The summed E-state index contributed by atoms with van der Waals surface area (Å²) in [5.74, 6) is -0.986. The fourth-order valence-electron chi connectivity index (χ4n) is 8.06. The number of benzene rings is 3. The molecule has 8 rings (SSSR count). The molecule has 8 nitrogen and oxygen atoms in total. The van der Waals surface area contributed by atoms with Gasteiger partial charge >= 0.3 is 4.87 Å². The first-order valence-corrected chi connectivity index (χ1v) is 17.0. The van der Waals surface area contributed by atoms with Crippen LogP contribution < -0.4 is 19.8 Å². The lowest BCUT2D eigenvalue weighted by molar-refractivity contribution is -0.123. The molecule has 1 saturated heterocycles. The van der Waals surface area contributed by atoms with E-state index < -0.39 is 5.92 Å². The Balaban J connectivity index is 1.12. The molecule has 2 aliphatic carbocycles. The number of para-hydroxylation sites is 1. The number of halogens is 1. The fraction of sp³-hybridized carbons (Fsp3) is 0.294. The Morgan fingerprint density at radius 3 is 2.44 bits per heavy atom. The molecule has 2 aliphatic heterocycles. The largest absolute Gasteiger partial charge is 0.483 e. The average molecular weight is 658 g/mol. The van der Waals surface area contributed by atoms with Gasteiger partial charge in [0.2, 0.25) is 11.8 Å². The number of aromatic nitrogens is 1. The number of H-pyrrole nitrogens is 1. The number of carbonyl (C=O) groups is 3. The number of thioether (sulfide) groups is 1. The number of imide groups is 1. The number of ether oxygens (including phenoxy) is 1. The molecule has 7 atom stereocenters. The van der Waals surface area contributed by atoms with Crippen LogP contribution in [-0.4, -0.2) is 34.6 Å². The van der Waals surface area contributed by atoms with E-state index in [4.69, 9.17) is 16.3 Å². The molecule has 4 aromatic rings. The maximum Gasteiger partial charge on any atom is 0.305 e. The predicted octanol–water partition coefficient (Wildman–Crippen LogP) is 6.09. The van der Waals surface area contributed by atoms with Crippen molar-refractivity contribution in [1.29, 1.82) is 0 Å². The zero-order chi connectivity index (χ0) is 31.0. The summed E-state index contributed by atoms with van der Waals surface area (Å²) < 4.78 is 6.15. The van der Waals surface area contributed by atoms with Crippen LogP contribution in [-0.2, 0) is 14.4 Å². The summed E-state index contributed by atoms with van der Waals surface area (Å²) in [7, 11) is 0. The van der Waals surface area contributed by atoms with Crippen molar-refractivity contribution in [2.24, 2.45) is 29.6 Å². The van der Waals surface area contributed by atoms with E-state index >= 15 is 0 Å². The molecule has 2 bridgehead atoms. The highest BCUT2D eigenvalue weighted by molar-refractivity contribution is 8.00. The van der Waals surface area contributed by atoms with E-state index in [1.165, 1.54) is 16.2 Å². The molecule has 0 unspecified atom stereocenters. The number of hydrogen-bond acceptors (Lipinski definition) is 7. The van der Waals surface area contributed by atoms with Crippen molar-refractivity contribution in [2.45, 2.75) is 29.5 Å². The molecule has 2 saturated carbocycles. The van der Waals surface area contributed by atoms with Gasteiger partial charge in [-0.1, -0.05) is 58.8 Å². The number of nitrogens with one attached hydrogen (secondary N) is 2. The first-order valence-electron chi connectivity index (χ1n) is 14.9. The summed E-state index contributed by atoms with van der Waals surface area (Å²) in [6, 6.07) is 22.0. The van der Waals surface area contributed by atoms with E-state index in [9.17, 15) is 19.2 Å². The highest BCUT2D eigenvalue weighted by atomic mass is 35.5. The zero-order valence-electron chi connectivity index (χ0n) is 24.1. The van der Waals surface area contributed by atoms with Crippen LogP contribution in [0.25, 0.3) is 0 Å². The van der Waals surface area contributed by atoms with Crippen LogP contribution in [0.2, 0.25) is 5.02 Å². The Kier molecular flexibility index (Phi) is 6.92. The van der Waals surface area contributed by atoms with Crippen molar-refractivity contribution in [3.8, 4) is 5.75 Å². The SMILES string of the molecule is Cc1ccc(N2C(=O)[C@H]3[C@H]4C[C@@H]([C@@H]3C2=O)[C@@H]2[C@H](c3ccccc3OCC(=O)Nc3ccc(Cl)cc3)c3sc(=O)[nH]c3S[C@H]42)cc1. The summed E-state index contributed by atoms with van der Waals surface area (Å²) >= 11 is 8.80. The van der Waals surface area contributed by atoms with E-state index in [1.807, 2.05) is 55.5 Å². The molecular weight excluding hydrogens is 630 g/mol. The molecule has 1 aromatic heterocycles. The maximum absolute atomic E-state index is 14.0. The van der Waals surface area contributed by atoms with Gasteiger partial charge in [-0.3, -0.25) is 24.1 Å². The number of amides is 3. The van der Waals surface area contributed by atoms with Gasteiger partial charge in [0, 0.05) is 32.3 Å². The van der Waals surface area contributed by atoms with Crippen LogP contribution in [0, 0.1) is 36.5 Å². The topological polar surface area (TPSA) is 109 Å². The van der Waals surface area contributed by atoms with Crippen LogP contribution in [0.3, 0.4) is 0 Å². The number of nitrogens with zero attached hydrogens (tertiary/aromatic N) is 1. The lowest BCUT2D eigenvalue weighted by Crippen LogP contribution is -2.42. The van der Waals surface area contributed by atoms with E-state index in [0.29, 0.717) is 22.1 Å². The van der Waals surface area contributed by atoms with Crippen molar-refractivity contribution in [3.63, 3.8) is 0 Å². The zero-order valence-corrected chi connectivity index (χ0v) is 26.5. The van der Waals surface area contributed by atoms with Crippen molar-refractivity contribution in [1.82, 2.24) is 4.98 Å². The molecule has 4 aliphatic rings. The third kappa shape index (κ3) is 4.64. The second-order valence-corrected chi connectivity index (χ2v) is 14.8. The molecule has 3 fully saturated rings. The van der Waals surface area contributed by atoms with Gasteiger partial charge in [0.25, 0.3) is 5.91 Å². The van der Waals surface area contributed by atoms with Crippen molar-refractivity contribution < 1.29 is 19.1 Å². The minimum absolute atomic E-state index is 0.0131. The van der Waals surface area contributed by atoms with Crippen molar-refractivity contribution in [2.75, 3.05) is 16.8 Å². The molecular formula is C34H28ClN3O5S2. The van der Waals surface area contributed by atoms with Crippen molar-refractivity contribution >= 4 is 63.8 Å². The molecule has 3 amide bonds. The van der Waals surface area contributed by atoms with Crippen LogP contribution in [0.4, 0.5) is 11.4 Å². The predicted molar refractivity (Wildman–Crippen MR) is 174 cm³/mol. The number of hydrogen-bond donors (Lipinski definition) is 2. The second kappa shape index (κ2) is 10.9. The molecule has 3 aromatic carbocycles. The van der Waals surface area contributed by atoms with Gasteiger partial charge in [0.15, 0.2) is 6.61 Å². The quantitative estimate of drug-likeness (QED) is 0.243. The van der Waals surface area contributed by atoms with Crippen molar-refractivity contribution in [3.05, 3.63) is 103 Å². The van der Waals surface area contributed by atoms with Gasteiger partial charge in [-0.15, -0.1) is 11.8 Å². The normalized spacial score (nSPS) is 27.7. The van der Waals surface area contributed by atoms with E-state index in [2.05, 4.69) is 10.3 Å². The summed E-state index contributed by atoms with van der Waals surface area (Å²) in [6.45, 7) is 1.77. The Morgan fingerprint density at radius 2 is 1.69 bits per heavy atom. The number of rotatable bonds is 6.